The van der Waals surface area contributed by atoms with Gasteiger partial charge in [-0.1, -0.05) is 6.92 Å². The number of hydrogen-bond donors (Lipinski definition) is 0. The molecule has 1 heterocycles. The monoisotopic (exact) mass is 306 g/mol. The summed E-state index contributed by atoms with van der Waals surface area (Å²) >= 11 is 0. The molecule has 1 unspecified atom stereocenters. The molecule has 0 saturated carbocycles. The summed E-state index contributed by atoms with van der Waals surface area (Å²) in [5.41, 5.74) is 0. The van der Waals surface area contributed by atoms with E-state index in [1.54, 1.807) is 0 Å². The molecule has 5 nitrogen and oxygen atoms in total. The number of unbranched alkanes of at least 4 members (excludes halogenated alkanes) is 2. The van der Waals surface area contributed by atoms with E-state index in [2.05, 4.69) is 6.92 Å². The zero-order valence-electron chi connectivity index (χ0n) is 13.2. The molecule has 0 radical (unpaired) electrons. The molecule has 120 valence electrons. The predicted molar refractivity (Wildman–Crippen MR) is 79.8 cm³/mol. The molecule has 0 amide bonds. The molecule has 1 atom stereocenters. The van der Waals surface area contributed by atoms with Crippen LogP contribution in [0.4, 0.5) is 0 Å². The molecule has 0 bridgehead atoms. The van der Waals surface area contributed by atoms with Crippen LogP contribution in [-0.2, 0) is 22.8 Å². The highest BCUT2D eigenvalue weighted by atomic mass is 28.4. The lowest BCUT2D eigenvalue weighted by molar-refractivity contribution is 0.0655. The van der Waals surface area contributed by atoms with Crippen molar-refractivity contribution < 1.29 is 22.8 Å². The molecule has 0 aliphatic carbocycles. The van der Waals surface area contributed by atoms with E-state index in [0.29, 0.717) is 25.9 Å². The van der Waals surface area contributed by atoms with Gasteiger partial charge in [0.15, 0.2) is 0 Å². The molecule has 1 aliphatic heterocycles. The first-order valence-corrected chi connectivity index (χ1v) is 9.80. The zero-order chi connectivity index (χ0) is 14.7. The highest BCUT2D eigenvalue weighted by Gasteiger charge is 2.38. The van der Waals surface area contributed by atoms with E-state index in [9.17, 15) is 0 Å². The molecule has 0 aromatic heterocycles. The first-order valence-electron chi connectivity index (χ1n) is 7.87. The number of epoxide rings is 1. The Morgan fingerprint density at radius 3 is 2.15 bits per heavy atom. The van der Waals surface area contributed by atoms with Crippen LogP contribution in [0.2, 0.25) is 6.04 Å². The third-order valence-corrected chi connectivity index (χ3v) is 6.09. The van der Waals surface area contributed by atoms with Crippen molar-refractivity contribution in [2.75, 3.05) is 39.6 Å². The molecular formula is C14H30O5Si. The second-order valence-electron chi connectivity index (χ2n) is 4.84. The summed E-state index contributed by atoms with van der Waals surface area (Å²) in [5.74, 6) is 0. The first-order chi connectivity index (χ1) is 9.76. The molecule has 0 N–H and O–H groups in total. The van der Waals surface area contributed by atoms with Gasteiger partial charge in [0.2, 0.25) is 0 Å². The maximum Gasteiger partial charge on any atom is 0.500 e. The Balaban J connectivity index is 2.00. The van der Waals surface area contributed by atoms with Gasteiger partial charge in [-0.15, -0.1) is 0 Å². The van der Waals surface area contributed by atoms with Crippen molar-refractivity contribution in [3.05, 3.63) is 0 Å². The first kappa shape index (κ1) is 18.1. The zero-order valence-corrected chi connectivity index (χ0v) is 14.2. The predicted octanol–water partition coefficient (Wildman–Crippen LogP) is 2.62. The maximum absolute atomic E-state index is 5.95. The van der Waals surface area contributed by atoms with Crippen LogP contribution >= 0.6 is 0 Å². The lowest BCUT2D eigenvalue weighted by Crippen LogP contribution is -2.45. The Hall–Kier alpha value is 0.0169. The molecule has 0 spiro atoms. The molecule has 0 aromatic carbocycles. The van der Waals surface area contributed by atoms with Gasteiger partial charge in [0, 0.05) is 32.5 Å². The topological polar surface area (TPSA) is 49.5 Å². The minimum Gasteiger partial charge on any atom is -0.379 e. The van der Waals surface area contributed by atoms with Crippen LogP contribution in [0.5, 0.6) is 0 Å². The van der Waals surface area contributed by atoms with E-state index in [0.717, 1.165) is 45.1 Å². The van der Waals surface area contributed by atoms with Gasteiger partial charge in [0.25, 0.3) is 0 Å². The SMILES string of the molecule is CCO[Si](CC)(OCC)OCCCCCOCC1CO1. The van der Waals surface area contributed by atoms with Crippen molar-refractivity contribution in [2.24, 2.45) is 0 Å². The summed E-state index contributed by atoms with van der Waals surface area (Å²) < 4.78 is 28.0. The summed E-state index contributed by atoms with van der Waals surface area (Å²) in [6.07, 6.45) is 3.57. The molecule has 6 heteroatoms. The molecule has 1 rings (SSSR count). The summed E-state index contributed by atoms with van der Waals surface area (Å²) in [5, 5.41) is 0. The van der Waals surface area contributed by atoms with Crippen molar-refractivity contribution in [1.29, 1.82) is 0 Å². The third kappa shape index (κ3) is 7.71. The van der Waals surface area contributed by atoms with Crippen molar-refractivity contribution in [3.63, 3.8) is 0 Å². The lowest BCUT2D eigenvalue weighted by atomic mass is 10.2. The Morgan fingerprint density at radius 2 is 1.60 bits per heavy atom. The quantitative estimate of drug-likeness (QED) is 0.280. The van der Waals surface area contributed by atoms with Crippen LogP contribution in [0.1, 0.15) is 40.0 Å². The van der Waals surface area contributed by atoms with Gasteiger partial charge in [0.05, 0.1) is 13.2 Å². The van der Waals surface area contributed by atoms with E-state index in [-0.39, 0.29) is 0 Å². The second-order valence-corrected chi connectivity index (χ2v) is 7.78. The van der Waals surface area contributed by atoms with Crippen molar-refractivity contribution in [2.45, 2.75) is 52.2 Å². The smallest absolute Gasteiger partial charge is 0.379 e. The summed E-state index contributed by atoms with van der Waals surface area (Å²) in [6.45, 7) is 10.5. The molecule has 0 aromatic rings. The fourth-order valence-electron chi connectivity index (χ4n) is 1.96. The van der Waals surface area contributed by atoms with Crippen LogP contribution in [0.15, 0.2) is 0 Å². The summed E-state index contributed by atoms with van der Waals surface area (Å²) in [7, 11) is -2.40. The van der Waals surface area contributed by atoms with Gasteiger partial charge in [0.1, 0.15) is 6.10 Å². The average molecular weight is 306 g/mol. The lowest BCUT2D eigenvalue weighted by Gasteiger charge is -2.27. The normalized spacial score (nSPS) is 18.4. The van der Waals surface area contributed by atoms with Gasteiger partial charge >= 0.3 is 8.80 Å². The molecule has 1 saturated heterocycles. The number of hydrogen-bond acceptors (Lipinski definition) is 5. The van der Waals surface area contributed by atoms with E-state index in [4.69, 9.17) is 22.8 Å². The van der Waals surface area contributed by atoms with E-state index < -0.39 is 8.80 Å². The fraction of sp³-hybridized carbons (Fsp3) is 1.00. The fourth-order valence-corrected chi connectivity index (χ4v) is 4.16. The maximum atomic E-state index is 5.95. The second kappa shape index (κ2) is 10.7. The molecular weight excluding hydrogens is 276 g/mol. The summed E-state index contributed by atoms with van der Waals surface area (Å²) in [6, 6.07) is 0.833. The van der Waals surface area contributed by atoms with Gasteiger partial charge < -0.3 is 22.8 Å². The van der Waals surface area contributed by atoms with Gasteiger partial charge in [-0.05, 0) is 33.1 Å². The Bertz CT molecular complexity index is 230. The minimum absolute atomic E-state index is 0.367. The van der Waals surface area contributed by atoms with Crippen molar-refractivity contribution >= 4 is 8.80 Å². The molecule has 1 aliphatic rings. The van der Waals surface area contributed by atoms with Crippen LogP contribution in [0.25, 0.3) is 0 Å². The van der Waals surface area contributed by atoms with E-state index >= 15 is 0 Å². The van der Waals surface area contributed by atoms with E-state index in [1.165, 1.54) is 0 Å². The van der Waals surface area contributed by atoms with Crippen molar-refractivity contribution in [1.82, 2.24) is 0 Å². The summed E-state index contributed by atoms with van der Waals surface area (Å²) in [4.78, 5) is 0. The largest absolute Gasteiger partial charge is 0.500 e. The van der Waals surface area contributed by atoms with Gasteiger partial charge in [-0.2, -0.15) is 0 Å². The number of rotatable bonds is 14. The van der Waals surface area contributed by atoms with Gasteiger partial charge in [-0.3, -0.25) is 0 Å². The van der Waals surface area contributed by atoms with Crippen LogP contribution in [0.3, 0.4) is 0 Å². The minimum atomic E-state index is -2.40. The van der Waals surface area contributed by atoms with Crippen LogP contribution in [-0.4, -0.2) is 54.5 Å². The Labute approximate surface area is 124 Å². The van der Waals surface area contributed by atoms with Crippen LogP contribution < -0.4 is 0 Å². The third-order valence-electron chi connectivity index (χ3n) is 3.12. The Morgan fingerprint density at radius 1 is 0.950 bits per heavy atom. The highest BCUT2D eigenvalue weighted by Crippen LogP contribution is 2.16. The van der Waals surface area contributed by atoms with Crippen molar-refractivity contribution in [3.8, 4) is 0 Å². The van der Waals surface area contributed by atoms with Crippen LogP contribution in [0, 0.1) is 0 Å². The standard InChI is InChI=1S/C14H30O5Si/c1-4-17-20(6-3,18-5-2)19-11-9-7-8-10-15-12-14-13-16-14/h14H,4-13H2,1-3H3. The average Bonchev–Trinajstić information content (AvgIpc) is 3.26. The molecule has 20 heavy (non-hydrogen) atoms. The van der Waals surface area contributed by atoms with Gasteiger partial charge in [-0.25, -0.2) is 0 Å². The highest BCUT2D eigenvalue weighted by molar-refractivity contribution is 6.60. The number of ether oxygens (including phenoxy) is 2. The Kier molecular flexibility index (Phi) is 9.67. The molecule has 1 fully saturated rings. The van der Waals surface area contributed by atoms with E-state index in [1.807, 2.05) is 13.8 Å².